The molecule has 0 radical (unpaired) electrons. The van der Waals surface area contributed by atoms with Gasteiger partial charge in [-0.2, -0.15) is 4.98 Å². The van der Waals surface area contributed by atoms with Crippen molar-refractivity contribution < 1.29 is 4.74 Å². The molecule has 2 heterocycles. The van der Waals surface area contributed by atoms with Crippen molar-refractivity contribution in [1.29, 1.82) is 0 Å². The van der Waals surface area contributed by atoms with Gasteiger partial charge >= 0.3 is 0 Å². The summed E-state index contributed by atoms with van der Waals surface area (Å²) in [5.41, 5.74) is -0.0591. The molecular formula is C9H10N2O2S. The Morgan fingerprint density at radius 2 is 2.29 bits per heavy atom. The second-order valence-corrected chi connectivity index (χ2v) is 4.27. The fraction of sp³-hybridized carbons (Fsp3) is 0.333. The summed E-state index contributed by atoms with van der Waals surface area (Å²) in [6.45, 7) is 1.96. The second kappa shape index (κ2) is 3.09. The van der Waals surface area contributed by atoms with Gasteiger partial charge in [-0.1, -0.05) is 0 Å². The molecule has 0 aliphatic rings. The topological polar surface area (TPSA) is 44.1 Å². The van der Waals surface area contributed by atoms with Crippen LogP contribution in [-0.4, -0.2) is 16.7 Å². The zero-order valence-corrected chi connectivity index (χ0v) is 9.01. The second-order valence-electron chi connectivity index (χ2n) is 3.04. The first-order chi connectivity index (χ1) is 6.63. The van der Waals surface area contributed by atoms with Crippen molar-refractivity contribution >= 4 is 21.6 Å². The monoisotopic (exact) mass is 210 g/mol. The van der Waals surface area contributed by atoms with Crippen LogP contribution in [0.15, 0.2) is 10.9 Å². The molecule has 0 unspecified atom stereocenters. The first-order valence-corrected chi connectivity index (χ1v) is 4.96. The Hall–Kier alpha value is -1.36. The van der Waals surface area contributed by atoms with Crippen molar-refractivity contribution in [2.24, 2.45) is 7.05 Å². The number of ether oxygens (including phenoxy) is 1. The van der Waals surface area contributed by atoms with Crippen LogP contribution in [0.3, 0.4) is 0 Å². The number of rotatable bonds is 1. The zero-order valence-electron chi connectivity index (χ0n) is 8.20. The number of hydrogen-bond donors (Lipinski definition) is 0. The number of aromatic nitrogens is 2. The fourth-order valence-electron chi connectivity index (χ4n) is 1.35. The maximum Gasteiger partial charge on any atom is 0.300 e. The fourth-order valence-corrected chi connectivity index (χ4v) is 2.21. The lowest BCUT2D eigenvalue weighted by molar-refractivity contribution is 0.359. The van der Waals surface area contributed by atoms with Gasteiger partial charge in [0.15, 0.2) is 0 Å². The highest BCUT2D eigenvalue weighted by atomic mass is 32.1. The van der Waals surface area contributed by atoms with Gasteiger partial charge in [0.2, 0.25) is 0 Å². The Bertz CT molecular complexity index is 541. The third kappa shape index (κ3) is 1.21. The van der Waals surface area contributed by atoms with E-state index >= 15 is 0 Å². The van der Waals surface area contributed by atoms with Crippen LogP contribution in [0.1, 0.15) is 4.88 Å². The van der Waals surface area contributed by atoms with E-state index in [-0.39, 0.29) is 5.56 Å². The molecule has 14 heavy (non-hydrogen) atoms. The van der Waals surface area contributed by atoms with E-state index in [4.69, 9.17) is 4.74 Å². The molecule has 4 nitrogen and oxygen atoms in total. The molecule has 0 saturated heterocycles. The van der Waals surface area contributed by atoms with Gasteiger partial charge in [0.1, 0.15) is 4.83 Å². The van der Waals surface area contributed by atoms with Gasteiger partial charge in [0.25, 0.3) is 11.6 Å². The number of hydrogen-bond acceptors (Lipinski definition) is 4. The summed E-state index contributed by atoms with van der Waals surface area (Å²) >= 11 is 1.50. The average Bonchev–Trinajstić information content (AvgIpc) is 2.52. The summed E-state index contributed by atoms with van der Waals surface area (Å²) in [5, 5.41) is 0.663. The molecule has 0 atom stereocenters. The molecule has 0 amide bonds. The first-order valence-electron chi connectivity index (χ1n) is 4.14. The van der Waals surface area contributed by atoms with E-state index in [0.29, 0.717) is 11.4 Å². The molecule has 5 heteroatoms. The Balaban J connectivity index is 2.91. The lowest BCUT2D eigenvalue weighted by Crippen LogP contribution is -2.18. The van der Waals surface area contributed by atoms with Crippen molar-refractivity contribution in [3.8, 4) is 6.01 Å². The summed E-state index contributed by atoms with van der Waals surface area (Å²) in [7, 11) is 3.16. The molecule has 2 aromatic rings. The third-order valence-electron chi connectivity index (χ3n) is 2.04. The molecule has 2 rings (SSSR count). The number of fused-ring (bicyclic) bond motifs is 1. The Morgan fingerprint density at radius 3 is 2.93 bits per heavy atom. The number of thiophene rings is 1. The van der Waals surface area contributed by atoms with Crippen molar-refractivity contribution in [1.82, 2.24) is 9.55 Å². The van der Waals surface area contributed by atoms with Gasteiger partial charge in [0, 0.05) is 11.9 Å². The standard InChI is InChI=1S/C9H10N2O2S/c1-5-4-6-7(14-5)10-9(13-3)11(2)8(6)12/h4H,1-3H3. The molecule has 0 aromatic carbocycles. The predicted octanol–water partition coefficient (Wildman–Crippen LogP) is 1.31. The molecule has 0 saturated carbocycles. The number of nitrogens with zero attached hydrogens (tertiary/aromatic N) is 2. The van der Waals surface area contributed by atoms with Gasteiger partial charge in [-0.3, -0.25) is 9.36 Å². The van der Waals surface area contributed by atoms with Crippen LogP contribution < -0.4 is 10.3 Å². The highest BCUT2D eigenvalue weighted by molar-refractivity contribution is 7.18. The summed E-state index contributed by atoms with van der Waals surface area (Å²) < 4.78 is 6.41. The van der Waals surface area contributed by atoms with E-state index in [1.807, 2.05) is 13.0 Å². The minimum absolute atomic E-state index is 0.0591. The minimum Gasteiger partial charge on any atom is -0.468 e. The molecule has 0 bridgehead atoms. The van der Waals surface area contributed by atoms with Gasteiger partial charge in [-0.25, -0.2) is 0 Å². The van der Waals surface area contributed by atoms with E-state index in [0.717, 1.165) is 9.71 Å². The van der Waals surface area contributed by atoms with Crippen LogP contribution in [0.25, 0.3) is 10.2 Å². The average molecular weight is 210 g/mol. The summed E-state index contributed by atoms with van der Waals surface area (Å²) in [4.78, 5) is 17.8. The van der Waals surface area contributed by atoms with Gasteiger partial charge in [0.05, 0.1) is 12.5 Å². The molecule has 0 fully saturated rings. The van der Waals surface area contributed by atoms with E-state index in [1.165, 1.54) is 23.0 Å². The third-order valence-corrected chi connectivity index (χ3v) is 2.98. The molecular weight excluding hydrogens is 200 g/mol. The van der Waals surface area contributed by atoms with Crippen molar-refractivity contribution in [3.05, 3.63) is 21.3 Å². The molecule has 0 N–H and O–H groups in total. The number of aryl methyl sites for hydroxylation is 1. The van der Waals surface area contributed by atoms with Crippen molar-refractivity contribution in [2.75, 3.05) is 7.11 Å². The maximum absolute atomic E-state index is 11.8. The number of methoxy groups -OCH3 is 1. The molecule has 0 aliphatic carbocycles. The Morgan fingerprint density at radius 1 is 1.57 bits per heavy atom. The highest BCUT2D eigenvalue weighted by Gasteiger charge is 2.10. The Kier molecular flexibility index (Phi) is 2.03. The van der Waals surface area contributed by atoms with Crippen LogP contribution in [0.4, 0.5) is 0 Å². The van der Waals surface area contributed by atoms with E-state index in [1.54, 1.807) is 7.05 Å². The molecule has 0 aliphatic heterocycles. The van der Waals surface area contributed by atoms with Crippen LogP contribution in [0.2, 0.25) is 0 Å². The van der Waals surface area contributed by atoms with Gasteiger partial charge in [-0.05, 0) is 13.0 Å². The lowest BCUT2D eigenvalue weighted by atomic mass is 10.4. The van der Waals surface area contributed by atoms with Crippen molar-refractivity contribution in [3.63, 3.8) is 0 Å². The quantitative estimate of drug-likeness (QED) is 0.713. The summed E-state index contributed by atoms with van der Waals surface area (Å²) in [5.74, 6) is 0. The van der Waals surface area contributed by atoms with Crippen molar-refractivity contribution in [2.45, 2.75) is 6.92 Å². The predicted molar refractivity (Wildman–Crippen MR) is 56.2 cm³/mol. The normalized spacial score (nSPS) is 10.8. The van der Waals surface area contributed by atoms with Crippen LogP contribution in [0.5, 0.6) is 6.01 Å². The minimum atomic E-state index is -0.0591. The highest BCUT2D eigenvalue weighted by Crippen LogP contribution is 2.21. The van der Waals surface area contributed by atoms with E-state index in [2.05, 4.69) is 4.98 Å². The summed E-state index contributed by atoms with van der Waals surface area (Å²) in [6, 6.07) is 2.21. The van der Waals surface area contributed by atoms with Crippen LogP contribution in [0, 0.1) is 6.92 Å². The smallest absolute Gasteiger partial charge is 0.300 e. The molecule has 74 valence electrons. The van der Waals surface area contributed by atoms with E-state index < -0.39 is 0 Å². The lowest BCUT2D eigenvalue weighted by Gasteiger charge is -2.03. The SMILES string of the molecule is COc1nc2sc(C)cc2c(=O)n1C. The van der Waals surface area contributed by atoms with Crippen LogP contribution >= 0.6 is 11.3 Å². The maximum atomic E-state index is 11.8. The molecule has 2 aromatic heterocycles. The largest absolute Gasteiger partial charge is 0.468 e. The van der Waals surface area contributed by atoms with Crippen LogP contribution in [-0.2, 0) is 7.05 Å². The summed E-state index contributed by atoms with van der Waals surface area (Å²) in [6.07, 6.45) is 0. The molecule has 0 spiro atoms. The zero-order chi connectivity index (χ0) is 10.3. The first kappa shape index (κ1) is 9.21. The van der Waals surface area contributed by atoms with Gasteiger partial charge in [-0.15, -0.1) is 11.3 Å². The van der Waals surface area contributed by atoms with Gasteiger partial charge < -0.3 is 4.74 Å². The van der Waals surface area contributed by atoms with E-state index in [9.17, 15) is 4.79 Å². The Labute approximate surface area is 84.8 Å².